The zero-order valence-electron chi connectivity index (χ0n) is 13.5. The zero-order valence-corrected chi connectivity index (χ0v) is 13.5. The Morgan fingerprint density at radius 1 is 1.12 bits per heavy atom. The second-order valence-electron chi connectivity index (χ2n) is 5.21. The lowest BCUT2D eigenvalue weighted by Crippen LogP contribution is -2.21. The number of amides is 1. The fourth-order valence-corrected chi connectivity index (χ4v) is 2.02. The van der Waals surface area contributed by atoms with Crippen LogP contribution in [0.15, 0.2) is 59.7 Å². The molecule has 7 nitrogen and oxygen atoms in total. The van der Waals surface area contributed by atoms with E-state index in [-0.39, 0.29) is 11.6 Å². The first-order chi connectivity index (χ1) is 12.1. The van der Waals surface area contributed by atoms with Crippen LogP contribution in [0, 0.1) is 16.7 Å². The Balaban J connectivity index is 1.86. The molecule has 0 spiro atoms. The zero-order chi connectivity index (χ0) is 18.1. The van der Waals surface area contributed by atoms with E-state index in [1.165, 1.54) is 0 Å². The Kier molecular flexibility index (Phi) is 6.25. The van der Waals surface area contributed by atoms with Crippen LogP contribution in [0.3, 0.4) is 0 Å². The van der Waals surface area contributed by atoms with Gasteiger partial charge < -0.3 is 11.1 Å². The standard InChI is InChI=1S/C18H18N6O/c19-12-16(18(20)21)24-23-15-9-7-14(8-10-15)22-17(25)11-6-13-4-2-1-3-5-13/h1-5,7-10,23H,6,11H2,(H3,20,21)(H,22,25)/b24-16+. The van der Waals surface area contributed by atoms with E-state index in [1.54, 1.807) is 30.3 Å². The number of hydrazone groups is 1. The summed E-state index contributed by atoms with van der Waals surface area (Å²) in [4.78, 5) is 12.0. The average Bonchev–Trinajstić information content (AvgIpc) is 2.62. The molecule has 0 fully saturated rings. The number of carbonyl (C=O) groups is 1. The molecule has 0 heterocycles. The quantitative estimate of drug-likeness (QED) is 0.352. The maximum atomic E-state index is 12.0. The molecule has 0 unspecified atom stereocenters. The number of benzene rings is 2. The number of nitrogens with two attached hydrogens (primary N) is 1. The van der Waals surface area contributed by atoms with Crippen molar-refractivity contribution in [2.24, 2.45) is 10.8 Å². The van der Waals surface area contributed by atoms with Crippen molar-refractivity contribution in [2.75, 3.05) is 10.7 Å². The molecule has 0 radical (unpaired) electrons. The van der Waals surface area contributed by atoms with Gasteiger partial charge in [0.05, 0.1) is 5.69 Å². The molecule has 126 valence electrons. The van der Waals surface area contributed by atoms with Crippen LogP contribution in [0.2, 0.25) is 0 Å². The lowest BCUT2D eigenvalue weighted by Gasteiger charge is -2.07. The lowest BCUT2D eigenvalue weighted by molar-refractivity contribution is -0.116. The number of hydrogen-bond acceptors (Lipinski definition) is 5. The van der Waals surface area contributed by atoms with Gasteiger partial charge in [0.2, 0.25) is 11.6 Å². The van der Waals surface area contributed by atoms with Crippen molar-refractivity contribution in [2.45, 2.75) is 12.8 Å². The molecule has 2 aromatic carbocycles. The van der Waals surface area contributed by atoms with E-state index in [0.717, 1.165) is 5.56 Å². The molecule has 2 aromatic rings. The summed E-state index contributed by atoms with van der Waals surface area (Å²) >= 11 is 0. The number of aryl methyl sites for hydroxylation is 1. The first-order valence-electron chi connectivity index (χ1n) is 7.60. The number of anilines is 2. The van der Waals surface area contributed by atoms with Gasteiger partial charge in [-0.3, -0.25) is 15.6 Å². The Hall–Kier alpha value is -3.66. The number of nitrogens with zero attached hydrogens (tertiary/aromatic N) is 2. The fraction of sp³-hybridized carbons (Fsp3) is 0.111. The van der Waals surface area contributed by atoms with Gasteiger partial charge in [-0.05, 0) is 36.2 Å². The molecule has 5 N–H and O–H groups in total. The number of nitriles is 1. The topological polar surface area (TPSA) is 127 Å². The van der Waals surface area contributed by atoms with Crippen molar-refractivity contribution < 1.29 is 4.79 Å². The summed E-state index contributed by atoms with van der Waals surface area (Å²) in [6.45, 7) is 0. The van der Waals surface area contributed by atoms with Gasteiger partial charge in [0.25, 0.3) is 0 Å². The minimum atomic E-state index is -0.405. The first kappa shape index (κ1) is 17.7. The summed E-state index contributed by atoms with van der Waals surface area (Å²) in [6, 6.07) is 18.4. The van der Waals surface area contributed by atoms with Gasteiger partial charge in [-0.25, -0.2) is 0 Å². The molecule has 1 amide bonds. The number of amidine groups is 1. The summed E-state index contributed by atoms with van der Waals surface area (Å²) < 4.78 is 0. The number of carbonyl (C=O) groups excluding carboxylic acids is 1. The normalized spacial score (nSPS) is 10.6. The maximum absolute atomic E-state index is 12.0. The Labute approximate surface area is 145 Å². The molecule has 2 rings (SSSR count). The number of nitrogens with one attached hydrogen (secondary N) is 3. The minimum Gasteiger partial charge on any atom is -0.382 e. The van der Waals surface area contributed by atoms with Gasteiger partial charge >= 0.3 is 0 Å². The van der Waals surface area contributed by atoms with Crippen molar-refractivity contribution in [1.82, 2.24) is 0 Å². The molecule has 0 aliphatic rings. The van der Waals surface area contributed by atoms with Crippen LogP contribution in [0.25, 0.3) is 0 Å². The third-order valence-corrected chi connectivity index (χ3v) is 3.31. The highest BCUT2D eigenvalue weighted by Gasteiger charge is 2.04. The molecule has 0 aliphatic heterocycles. The Bertz CT molecular complexity index is 806. The molecule has 0 atom stereocenters. The maximum Gasteiger partial charge on any atom is 0.224 e. The number of rotatable bonds is 7. The molecule has 0 saturated heterocycles. The summed E-state index contributed by atoms with van der Waals surface area (Å²) in [6.07, 6.45) is 1.08. The molecule has 0 saturated carbocycles. The summed E-state index contributed by atoms with van der Waals surface area (Å²) in [5.74, 6) is -0.469. The SMILES string of the molecule is N#C/C(=N\Nc1ccc(NC(=O)CCc2ccccc2)cc1)C(=N)N. The van der Waals surface area contributed by atoms with Crippen LogP contribution < -0.4 is 16.5 Å². The van der Waals surface area contributed by atoms with Crippen LogP contribution in [0.1, 0.15) is 12.0 Å². The minimum absolute atomic E-state index is 0.0640. The van der Waals surface area contributed by atoms with E-state index >= 15 is 0 Å². The predicted molar refractivity (Wildman–Crippen MR) is 98.4 cm³/mol. The first-order valence-corrected chi connectivity index (χ1v) is 7.60. The van der Waals surface area contributed by atoms with Crippen LogP contribution >= 0.6 is 0 Å². The van der Waals surface area contributed by atoms with Gasteiger partial charge in [-0.2, -0.15) is 10.4 Å². The summed E-state index contributed by atoms with van der Waals surface area (Å²) in [7, 11) is 0. The smallest absolute Gasteiger partial charge is 0.224 e. The van der Waals surface area contributed by atoms with Crippen LogP contribution in [-0.2, 0) is 11.2 Å². The van der Waals surface area contributed by atoms with E-state index in [2.05, 4.69) is 15.8 Å². The van der Waals surface area contributed by atoms with Crippen molar-refractivity contribution >= 4 is 28.8 Å². The van der Waals surface area contributed by atoms with E-state index in [4.69, 9.17) is 16.4 Å². The van der Waals surface area contributed by atoms with E-state index in [1.807, 2.05) is 30.3 Å². The van der Waals surface area contributed by atoms with Gasteiger partial charge in [0.15, 0.2) is 5.84 Å². The van der Waals surface area contributed by atoms with Gasteiger partial charge in [0.1, 0.15) is 6.07 Å². The Morgan fingerprint density at radius 3 is 2.36 bits per heavy atom. The predicted octanol–water partition coefficient (Wildman–Crippen LogP) is 2.49. The molecular weight excluding hydrogens is 316 g/mol. The van der Waals surface area contributed by atoms with Crippen molar-refractivity contribution in [3.05, 3.63) is 60.2 Å². The molecule has 0 bridgehead atoms. The second-order valence-corrected chi connectivity index (χ2v) is 5.21. The van der Waals surface area contributed by atoms with Crippen molar-refractivity contribution in [1.29, 1.82) is 10.7 Å². The molecule has 0 aromatic heterocycles. The highest BCUT2D eigenvalue weighted by molar-refractivity contribution is 6.45. The highest BCUT2D eigenvalue weighted by Crippen LogP contribution is 2.14. The third kappa shape index (κ3) is 5.80. The van der Waals surface area contributed by atoms with Gasteiger partial charge in [0, 0.05) is 12.1 Å². The Morgan fingerprint density at radius 2 is 1.76 bits per heavy atom. The van der Waals surface area contributed by atoms with Crippen LogP contribution in [0.4, 0.5) is 11.4 Å². The van der Waals surface area contributed by atoms with E-state index in [0.29, 0.717) is 24.2 Å². The summed E-state index contributed by atoms with van der Waals surface area (Å²) in [5.41, 5.74) is 10.0. The molecule has 7 heteroatoms. The van der Waals surface area contributed by atoms with Crippen molar-refractivity contribution in [3.63, 3.8) is 0 Å². The molecule has 0 aliphatic carbocycles. The second kappa shape index (κ2) is 8.84. The van der Waals surface area contributed by atoms with Crippen LogP contribution in [-0.4, -0.2) is 17.5 Å². The average molecular weight is 334 g/mol. The molecular formula is C18H18N6O. The summed E-state index contributed by atoms with van der Waals surface area (Å²) in [5, 5.41) is 22.5. The number of hydrogen-bond donors (Lipinski definition) is 4. The monoisotopic (exact) mass is 334 g/mol. The van der Waals surface area contributed by atoms with E-state index < -0.39 is 5.84 Å². The van der Waals surface area contributed by atoms with E-state index in [9.17, 15) is 4.79 Å². The van der Waals surface area contributed by atoms with Gasteiger partial charge in [-0.1, -0.05) is 30.3 Å². The third-order valence-electron chi connectivity index (χ3n) is 3.31. The van der Waals surface area contributed by atoms with Crippen LogP contribution in [0.5, 0.6) is 0 Å². The van der Waals surface area contributed by atoms with Crippen molar-refractivity contribution in [3.8, 4) is 6.07 Å². The largest absolute Gasteiger partial charge is 0.382 e. The lowest BCUT2D eigenvalue weighted by atomic mass is 10.1. The molecule has 25 heavy (non-hydrogen) atoms. The van der Waals surface area contributed by atoms with Gasteiger partial charge in [-0.15, -0.1) is 0 Å². The highest BCUT2D eigenvalue weighted by atomic mass is 16.1. The fourth-order valence-electron chi connectivity index (χ4n) is 2.02.